The average Bonchev–Trinajstić information content (AvgIpc) is 3.20. The van der Waals surface area contributed by atoms with Crippen molar-refractivity contribution in [3.8, 4) is 0 Å². The highest BCUT2D eigenvalue weighted by atomic mass is 16.6. The van der Waals surface area contributed by atoms with Gasteiger partial charge in [0.05, 0.1) is 16.2 Å². The van der Waals surface area contributed by atoms with Crippen LogP contribution in [0.15, 0.2) is 22.7 Å². The molecule has 1 aromatic carbocycles. The summed E-state index contributed by atoms with van der Waals surface area (Å²) in [6.45, 7) is 4.66. The molecule has 0 N–H and O–H groups in total. The zero-order valence-corrected chi connectivity index (χ0v) is 16.5. The van der Waals surface area contributed by atoms with Crippen LogP contribution in [0, 0.1) is 17.0 Å². The molecule has 0 radical (unpaired) electrons. The van der Waals surface area contributed by atoms with Crippen LogP contribution in [0.3, 0.4) is 0 Å². The second-order valence-corrected chi connectivity index (χ2v) is 7.75. The molecule has 0 atom stereocenters. The maximum atomic E-state index is 13.3. The number of aryl methyl sites for hydroxylation is 1. The lowest BCUT2D eigenvalue weighted by molar-refractivity contribution is -0.384. The molecule has 9 nitrogen and oxygen atoms in total. The van der Waals surface area contributed by atoms with Crippen molar-refractivity contribution in [3.63, 3.8) is 0 Å². The van der Waals surface area contributed by atoms with Crippen LogP contribution >= 0.6 is 0 Å². The fourth-order valence-corrected chi connectivity index (χ4v) is 4.20. The molecule has 2 fully saturated rings. The fourth-order valence-electron chi connectivity index (χ4n) is 4.20. The number of anilines is 1. The zero-order chi connectivity index (χ0) is 20.4. The minimum Gasteiger partial charge on any atom is -0.371 e. The molecule has 0 spiro atoms. The molecule has 154 valence electrons. The summed E-state index contributed by atoms with van der Waals surface area (Å²) in [5, 5.41) is 15.1. The Balaban J connectivity index is 1.54. The highest BCUT2D eigenvalue weighted by Crippen LogP contribution is 2.32. The molecule has 0 aliphatic carbocycles. The molecule has 0 bridgehead atoms. The third-order valence-electron chi connectivity index (χ3n) is 5.79. The normalized spacial score (nSPS) is 18.1. The van der Waals surface area contributed by atoms with Gasteiger partial charge in [0.25, 0.3) is 11.6 Å². The highest BCUT2D eigenvalue weighted by molar-refractivity contribution is 6.00. The third kappa shape index (κ3) is 4.08. The number of nitrogens with zero attached hydrogens (tertiary/aromatic N) is 5. The summed E-state index contributed by atoms with van der Waals surface area (Å²) in [4.78, 5) is 32.4. The minimum atomic E-state index is -0.444. The largest absolute Gasteiger partial charge is 0.371 e. The number of carbonyl (C=O) groups is 1. The number of piperidine rings is 2. The van der Waals surface area contributed by atoms with Crippen LogP contribution < -0.4 is 4.90 Å². The second kappa shape index (κ2) is 8.18. The lowest BCUT2D eigenvalue weighted by atomic mass is 9.96. The first-order chi connectivity index (χ1) is 14.0. The Morgan fingerprint density at radius 2 is 1.90 bits per heavy atom. The summed E-state index contributed by atoms with van der Waals surface area (Å²) in [7, 11) is 0. The summed E-state index contributed by atoms with van der Waals surface area (Å²) >= 11 is 0. The predicted molar refractivity (Wildman–Crippen MR) is 106 cm³/mol. The molecule has 2 saturated heterocycles. The lowest BCUT2D eigenvalue weighted by Crippen LogP contribution is -2.39. The number of benzene rings is 1. The van der Waals surface area contributed by atoms with Gasteiger partial charge in [-0.05, 0) is 45.1 Å². The fraction of sp³-hybridized carbons (Fsp3) is 0.550. The monoisotopic (exact) mass is 399 g/mol. The molecule has 4 rings (SSSR count). The molecule has 2 aliphatic heterocycles. The zero-order valence-electron chi connectivity index (χ0n) is 16.5. The molecule has 9 heteroatoms. The van der Waals surface area contributed by atoms with E-state index in [1.165, 1.54) is 18.6 Å². The first-order valence-corrected chi connectivity index (χ1v) is 10.2. The highest BCUT2D eigenvalue weighted by Gasteiger charge is 2.30. The summed E-state index contributed by atoms with van der Waals surface area (Å²) in [5.74, 6) is 1.24. The number of carbonyl (C=O) groups excluding carboxylic acids is 1. The van der Waals surface area contributed by atoms with Gasteiger partial charge in [0.15, 0.2) is 5.82 Å². The molecule has 2 aliphatic rings. The van der Waals surface area contributed by atoms with E-state index in [1.807, 2.05) is 0 Å². The van der Waals surface area contributed by atoms with E-state index >= 15 is 0 Å². The van der Waals surface area contributed by atoms with Crippen LogP contribution in [0.4, 0.5) is 11.4 Å². The van der Waals surface area contributed by atoms with Gasteiger partial charge in [0, 0.05) is 44.2 Å². The van der Waals surface area contributed by atoms with E-state index in [9.17, 15) is 14.9 Å². The van der Waals surface area contributed by atoms with Crippen molar-refractivity contribution in [2.45, 2.75) is 44.9 Å². The van der Waals surface area contributed by atoms with Gasteiger partial charge in [0.1, 0.15) is 0 Å². The summed E-state index contributed by atoms with van der Waals surface area (Å²) in [6, 6.07) is 4.65. The van der Waals surface area contributed by atoms with E-state index in [0.717, 1.165) is 44.5 Å². The Morgan fingerprint density at radius 3 is 2.52 bits per heavy atom. The van der Waals surface area contributed by atoms with Crippen LogP contribution in [-0.2, 0) is 0 Å². The number of rotatable bonds is 4. The van der Waals surface area contributed by atoms with Crippen molar-refractivity contribution < 1.29 is 14.2 Å². The number of non-ortho nitro benzene ring substituents is 1. The van der Waals surface area contributed by atoms with E-state index in [1.54, 1.807) is 17.9 Å². The minimum absolute atomic E-state index is 0.0506. The maximum absolute atomic E-state index is 13.3. The van der Waals surface area contributed by atoms with Crippen LogP contribution in [-0.4, -0.2) is 52.1 Å². The van der Waals surface area contributed by atoms with Gasteiger partial charge in [-0.2, -0.15) is 4.98 Å². The number of nitro benzene ring substituents is 1. The Bertz CT molecular complexity index is 898. The molecule has 0 unspecified atom stereocenters. The molecule has 2 aromatic rings. The molecule has 29 heavy (non-hydrogen) atoms. The number of hydrogen-bond acceptors (Lipinski definition) is 7. The Labute approximate surface area is 168 Å². The van der Waals surface area contributed by atoms with Crippen molar-refractivity contribution in [3.05, 3.63) is 45.6 Å². The molecule has 3 heterocycles. The van der Waals surface area contributed by atoms with Crippen LogP contribution in [0.2, 0.25) is 0 Å². The number of amides is 1. The van der Waals surface area contributed by atoms with E-state index in [0.29, 0.717) is 30.4 Å². The van der Waals surface area contributed by atoms with Gasteiger partial charge < -0.3 is 14.3 Å². The summed E-state index contributed by atoms with van der Waals surface area (Å²) in [5.41, 5.74) is 1.17. The van der Waals surface area contributed by atoms with Crippen LogP contribution in [0.25, 0.3) is 0 Å². The predicted octanol–water partition coefficient (Wildman–Crippen LogP) is 3.30. The Morgan fingerprint density at radius 1 is 1.17 bits per heavy atom. The Hall–Kier alpha value is -2.97. The van der Waals surface area contributed by atoms with Crippen LogP contribution in [0.1, 0.15) is 60.1 Å². The van der Waals surface area contributed by atoms with Gasteiger partial charge in [-0.1, -0.05) is 5.16 Å². The summed E-state index contributed by atoms with van der Waals surface area (Å²) < 4.78 is 5.28. The first-order valence-electron chi connectivity index (χ1n) is 10.2. The van der Waals surface area contributed by atoms with Crippen molar-refractivity contribution in [1.82, 2.24) is 15.0 Å². The van der Waals surface area contributed by atoms with Crippen molar-refractivity contribution in [2.24, 2.45) is 0 Å². The third-order valence-corrected chi connectivity index (χ3v) is 5.79. The molecule has 1 amide bonds. The molecule has 1 aromatic heterocycles. The van der Waals surface area contributed by atoms with Gasteiger partial charge in [-0.3, -0.25) is 14.9 Å². The van der Waals surface area contributed by atoms with E-state index in [2.05, 4.69) is 15.0 Å². The molecular weight excluding hydrogens is 374 g/mol. The summed E-state index contributed by atoms with van der Waals surface area (Å²) in [6.07, 6.45) is 4.79. The van der Waals surface area contributed by atoms with Gasteiger partial charge in [-0.25, -0.2) is 0 Å². The number of likely N-dealkylation sites (tertiary alicyclic amines) is 1. The van der Waals surface area contributed by atoms with Crippen molar-refractivity contribution in [2.75, 3.05) is 31.1 Å². The standard InChI is InChI=1S/C20H25N5O4/c1-14-21-19(29-22-14)15-7-11-24(12-8-15)20(26)17-13-16(25(27)28)5-6-18(17)23-9-3-2-4-10-23/h5-6,13,15H,2-4,7-12H2,1H3. The SMILES string of the molecule is Cc1noc(C2CCN(C(=O)c3cc([N+](=O)[O-])ccc3N3CCCCC3)CC2)n1. The topological polar surface area (TPSA) is 106 Å². The molecule has 0 saturated carbocycles. The van der Waals surface area contributed by atoms with Gasteiger partial charge >= 0.3 is 0 Å². The number of aromatic nitrogens is 2. The Kier molecular flexibility index (Phi) is 5.46. The van der Waals surface area contributed by atoms with E-state index in [4.69, 9.17) is 4.52 Å². The second-order valence-electron chi connectivity index (χ2n) is 7.75. The maximum Gasteiger partial charge on any atom is 0.270 e. The van der Waals surface area contributed by atoms with Crippen molar-refractivity contribution >= 4 is 17.3 Å². The van der Waals surface area contributed by atoms with Gasteiger partial charge in [0.2, 0.25) is 5.89 Å². The van der Waals surface area contributed by atoms with Gasteiger partial charge in [-0.15, -0.1) is 0 Å². The number of nitro groups is 1. The lowest BCUT2D eigenvalue weighted by Gasteiger charge is -2.33. The van der Waals surface area contributed by atoms with E-state index < -0.39 is 4.92 Å². The number of hydrogen-bond donors (Lipinski definition) is 0. The first kappa shape index (κ1) is 19.4. The average molecular weight is 399 g/mol. The smallest absolute Gasteiger partial charge is 0.270 e. The van der Waals surface area contributed by atoms with Crippen molar-refractivity contribution in [1.29, 1.82) is 0 Å². The molecular formula is C20H25N5O4. The van der Waals surface area contributed by atoms with E-state index in [-0.39, 0.29) is 17.5 Å². The quantitative estimate of drug-likeness (QED) is 0.573. The van der Waals surface area contributed by atoms with Crippen LogP contribution in [0.5, 0.6) is 0 Å².